The lowest BCUT2D eigenvalue weighted by atomic mass is 9.81. The van der Waals surface area contributed by atoms with Crippen molar-refractivity contribution < 1.29 is 28.2 Å². The lowest BCUT2D eigenvalue weighted by molar-refractivity contribution is -0.173. The molecule has 0 heterocycles. The molecule has 20 heavy (non-hydrogen) atoms. The van der Waals surface area contributed by atoms with Crippen LogP contribution in [0.15, 0.2) is 30.3 Å². The minimum absolute atomic E-state index is 0.331. The lowest BCUT2D eigenvalue weighted by Gasteiger charge is -2.28. The molecule has 0 spiro atoms. The summed E-state index contributed by atoms with van der Waals surface area (Å²) < 4.78 is 23.7. The number of benzene rings is 1. The molecule has 0 fully saturated rings. The molecule has 0 aliphatic heterocycles. The number of aldehydes is 1. The van der Waals surface area contributed by atoms with Crippen molar-refractivity contribution >= 4 is 18.2 Å². The molecule has 0 aromatic heterocycles. The third-order valence-electron chi connectivity index (χ3n) is 2.98. The molecule has 0 radical (unpaired) electrons. The highest BCUT2D eigenvalue weighted by atomic mass is 19.1. The SMILES string of the molecule is COC(=O)C(F)(C(=O)OC)C(CC=O)c1ccccc1. The Morgan fingerprint density at radius 2 is 1.70 bits per heavy atom. The van der Waals surface area contributed by atoms with E-state index in [0.717, 1.165) is 14.2 Å². The minimum Gasteiger partial charge on any atom is -0.466 e. The first kappa shape index (κ1) is 15.8. The summed E-state index contributed by atoms with van der Waals surface area (Å²) in [7, 11) is 1.92. The molecule has 1 rings (SSSR count). The second-order valence-corrected chi connectivity index (χ2v) is 4.06. The van der Waals surface area contributed by atoms with Gasteiger partial charge in [-0.3, -0.25) is 0 Å². The maximum absolute atomic E-state index is 15.0. The maximum atomic E-state index is 15.0. The van der Waals surface area contributed by atoms with Crippen molar-refractivity contribution in [1.82, 2.24) is 0 Å². The summed E-state index contributed by atoms with van der Waals surface area (Å²) in [6, 6.07) is 7.96. The van der Waals surface area contributed by atoms with Crippen molar-refractivity contribution in [2.24, 2.45) is 0 Å². The molecular weight excluding hydrogens is 267 g/mol. The van der Waals surface area contributed by atoms with Crippen LogP contribution >= 0.6 is 0 Å². The van der Waals surface area contributed by atoms with E-state index < -0.39 is 23.5 Å². The number of carbonyl (C=O) groups excluding carboxylic acids is 3. The van der Waals surface area contributed by atoms with E-state index in [1.165, 1.54) is 12.1 Å². The smallest absolute Gasteiger partial charge is 0.356 e. The van der Waals surface area contributed by atoms with Crippen molar-refractivity contribution in [3.05, 3.63) is 35.9 Å². The summed E-state index contributed by atoms with van der Waals surface area (Å²) in [5.74, 6) is -4.08. The Bertz CT molecular complexity index is 470. The Morgan fingerprint density at radius 3 is 2.10 bits per heavy atom. The van der Waals surface area contributed by atoms with Crippen molar-refractivity contribution in [2.75, 3.05) is 14.2 Å². The monoisotopic (exact) mass is 282 g/mol. The zero-order valence-corrected chi connectivity index (χ0v) is 11.2. The van der Waals surface area contributed by atoms with Crippen LogP contribution in [0.5, 0.6) is 0 Å². The second-order valence-electron chi connectivity index (χ2n) is 4.06. The Kier molecular flexibility index (Phi) is 5.37. The molecule has 0 aliphatic carbocycles. The van der Waals surface area contributed by atoms with Crippen LogP contribution in [0.1, 0.15) is 17.9 Å². The molecule has 1 aromatic carbocycles. The zero-order valence-electron chi connectivity index (χ0n) is 11.2. The van der Waals surface area contributed by atoms with E-state index in [-0.39, 0.29) is 6.42 Å². The van der Waals surface area contributed by atoms with Gasteiger partial charge in [-0.2, -0.15) is 0 Å². The molecule has 0 N–H and O–H groups in total. The summed E-state index contributed by atoms with van der Waals surface area (Å²) in [6.45, 7) is 0. The molecule has 108 valence electrons. The summed E-state index contributed by atoms with van der Waals surface area (Å²) in [5, 5.41) is 0. The van der Waals surface area contributed by atoms with Gasteiger partial charge in [0.1, 0.15) is 6.29 Å². The molecule has 0 aliphatic rings. The van der Waals surface area contributed by atoms with Crippen molar-refractivity contribution in [1.29, 1.82) is 0 Å². The predicted molar refractivity (Wildman–Crippen MR) is 67.7 cm³/mol. The van der Waals surface area contributed by atoms with E-state index in [1.54, 1.807) is 18.2 Å². The van der Waals surface area contributed by atoms with Gasteiger partial charge in [0, 0.05) is 12.3 Å². The topological polar surface area (TPSA) is 69.7 Å². The van der Waals surface area contributed by atoms with E-state index in [0.29, 0.717) is 11.8 Å². The summed E-state index contributed by atoms with van der Waals surface area (Å²) >= 11 is 0. The highest BCUT2D eigenvalue weighted by Gasteiger charge is 2.56. The van der Waals surface area contributed by atoms with Crippen LogP contribution in [-0.4, -0.2) is 38.1 Å². The van der Waals surface area contributed by atoms with Gasteiger partial charge in [0.05, 0.1) is 14.2 Å². The van der Waals surface area contributed by atoms with E-state index >= 15 is 4.39 Å². The fraction of sp³-hybridized carbons (Fsp3) is 0.357. The first-order valence-corrected chi connectivity index (χ1v) is 5.86. The van der Waals surface area contributed by atoms with Crippen LogP contribution in [0.2, 0.25) is 0 Å². The highest BCUT2D eigenvalue weighted by molar-refractivity contribution is 6.05. The van der Waals surface area contributed by atoms with Crippen LogP contribution < -0.4 is 0 Å². The number of esters is 2. The molecule has 0 saturated carbocycles. The van der Waals surface area contributed by atoms with E-state index in [2.05, 4.69) is 9.47 Å². The van der Waals surface area contributed by atoms with Crippen LogP contribution in [-0.2, 0) is 23.9 Å². The Labute approximate surface area is 115 Å². The van der Waals surface area contributed by atoms with E-state index in [1.807, 2.05) is 0 Å². The maximum Gasteiger partial charge on any atom is 0.356 e. The molecule has 6 heteroatoms. The number of rotatable bonds is 6. The van der Waals surface area contributed by atoms with E-state index in [9.17, 15) is 14.4 Å². The standard InChI is InChI=1S/C14H15FO5/c1-19-12(17)14(15,13(18)20-2)11(8-9-16)10-6-4-3-5-7-10/h3-7,9,11H,8H2,1-2H3. The van der Waals surface area contributed by atoms with Gasteiger partial charge in [-0.25, -0.2) is 14.0 Å². The van der Waals surface area contributed by atoms with Gasteiger partial charge in [0.25, 0.3) is 0 Å². The number of hydrogen-bond acceptors (Lipinski definition) is 5. The fourth-order valence-corrected chi connectivity index (χ4v) is 1.97. The number of hydrogen-bond donors (Lipinski definition) is 0. The van der Waals surface area contributed by atoms with Crippen molar-refractivity contribution in [3.8, 4) is 0 Å². The molecule has 1 atom stereocenters. The summed E-state index contributed by atoms with van der Waals surface area (Å²) in [6.07, 6.45) is 0.0859. The summed E-state index contributed by atoms with van der Waals surface area (Å²) in [4.78, 5) is 34.2. The van der Waals surface area contributed by atoms with Crippen LogP contribution in [0.3, 0.4) is 0 Å². The van der Waals surface area contributed by atoms with Crippen molar-refractivity contribution in [2.45, 2.75) is 18.0 Å². The largest absolute Gasteiger partial charge is 0.466 e. The third kappa shape index (κ3) is 2.84. The van der Waals surface area contributed by atoms with Gasteiger partial charge in [-0.1, -0.05) is 30.3 Å². The number of alkyl halides is 1. The molecule has 5 nitrogen and oxygen atoms in total. The van der Waals surface area contributed by atoms with Gasteiger partial charge in [-0.15, -0.1) is 0 Å². The first-order chi connectivity index (χ1) is 9.52. The normalized spacial score (nSPS) is 12.3. The molecule has 0 bridgehead atoms. The quantitative estimate of drug-likeness (QED) is 0.448. The zero-order chi connectivity index (χ0) is 15.2. The van der Waals surface area contributed by atoms with E-state index in [4.69, 9.17) is 0 Å². The van der Waals surface area contributed by atoms with Gasteiger partial charge >= 0.3 is 17.6 Å². The fourth-order valence-electron chi connectivity index (χ4n) is 1.97. The van der Waals surface area contributed by atoms with Crippen LogP contribution in [0.4, 0.5) is 4.39 Å². The second kappa shape index (κ2) is 6.79. The van der Waals surface area contributed by atoms with Gasteiger partial charge in [0.15, 0.2) is 0 Å². The minimum atomic E-state index is -3.06. The van der Waals surface area contributed by atoms with Crippen LogP contribution in [0.25, 0.3) is 0 Å². The number of carbonyl (C=O) groups is 3. The number of halogens is 1. The van der Waals surface area contributed by atoms with Gasteiger partial charge in [0.2, 0.25) is 0 Å². The molecule has 0 saturated heterocycles. The van der Waals surface area contributed by atoms with Gasteiger partial charge in [-0.05, 0) is 5.56 Å². The van der Waals surface area contributed by atoms with Crippen molar-refractivity contribution in [3.63, 3.8) is 0 Å². The molecule has 1 unspecified atom stereocenters. The Morgan fingerprint density at radius 1 is 1.20 bits per heavy atom. The first-order valence-electron chi connectivity index (χ1n) is 5.86. The molecular formula is C14H15FO5. The van der Waals surface area contributed by atoms with Crippen LogP contribution in [0, 0.1) is 0 Å². The Balaban J connectivity index is 3.36. The lowest BCUT2D eigenvalue weighted by Crippen LogP contribution is -2.49. The number of methoxy groups -OCH3 is 2. The average Bonchev–Trinajstić information content (AvgIpc) is 2.50. The molecule has 1 aromatic rings. The summed E-state index contributed by atoms with van der Waals surface area (Å²) in [5.41, 5.74) is -2.73. The van der Waals surface area contributed by atoms with Gasteiger partial charge < -0.3 is 14.3 Å². The molecule has 0 amide bonds. The number of ether oxygens (including phenoxy) is 2. The average molecular weight is 282 g/mol. The predicted octanol–water partition coefficient (Wildman–Crippen LogP) is 1.41. The third-order valence-corrected chi connectivity index (χ3v) is 2.98. The highest BCUT2D eigenvalue weighted by Crippen LogP contribution is 2.36. The Hall–Kier alpha value is -2.24.